The highest BCUT2D eigenvalue weighted by Gasteiger charge is 2.16. The van der Waals surface area contributed by atoms with Crippen LogP contribution in [0.15, 0.2) is 45.3 Å². The lowest BCUT2D eigenvalue weighted by Crippen LogP contribution is -2.12. The normalized spacial score (nSPS) is 11.4. The molecule has 2 N–H and O–H groups in total. The van der Waals surface area contributed by atoms with Gasteiger partial charge in [-0.15, -0.1) is 11.3 Å². The van der Waals surface area contributed by atoms with Crippen LogP contribution in [0.1, 0.15) is 10.6 Å². The van der Waals surface area contributed by atoms with Crippen LogP contribution in [0, 0.1) is 13.8 Å². The Balaban J connectivity index is 1.72. The average Bonchev–Trinajstić information content (AvgIpc) is 3.10. The van der Waals surface area contributed by atoms with Gasteiger partial charge in [0.1, 0.15) is 15.8 Å². The first-order valence-corrected chi connectivity index (χ1v) is 8.98. The van der Waals surface area contributed by atoms with Crippen molar-refractivity contribution in [1.82, 2.24) is 10.1 Å². The molecule has 0 saturated carbocycles. The molecule has 7 nitrogen and oxygen atoms in total. The van der Waals surface area contributed by atoms with Crippen molar-refractivity contribution in [2.75, 3.05) is 10.0 Å². The summed E-state index contributed by atoms with van der Waals surface area (Å²) < 4.78 is 32.1. The number of pyridine rings is 1. The minimum atomic E-state index is -3.60. The Kier molecular flexibility index (Phi) is 4.05. The van der Waals surface area contributed by atoms with Crippen LogP contribution in [0.5, 0.6) is 0 Å². The summed E-state index contributed by atoms with van der Waals surface area (Å²) in [6.07, 6.45) is 1.52. The SMILES string of the molecule is Cc1cc(Nc2ccc(NS(=O)(=O)c3ccc(C)s3)nc2)no1. The van der Waals surface area contributed by atoms with Gasteiger partial charge in [-0.1, -0.05) is 5.16 Å². The third-order valence-electron chi connectivity index (χ3n) is 2.88. The first-order valence-electron chi connectivity index (χ1n) is 6.68. The van der Waals surface area contributed by atoms with Crippen molar-refractivity contribution < 1.29 is 12.9 Å². The largest absolute Gasteiger partial charge is 0.360 e. The highest BCUT2D eigenvalue weighted by Crippen LogP contribution is 2.23. The molecule has 0 aliphatic rings. The molecule has 0 fully saturated rings. The smallest absolute Gasteiger partial charge is 0.272 e. The molecule has 9 heteroatoms. The molecule has 0 radical (unpaired) electrons. The fourth-order valence-electron chi connectivity index (χ4n) is 1.85. The number of sulfonamides is 1. The minimum absolute atomic E-state index is 0.248. The monoisotopic (exact) mass is 350 g/mol. The van der Waals surface area contributed by atoms with Crippen molar-refractivity contribution in [3.63, 3.8) is 0 Å². The van der Waals surface area contributed by atoms with Gasteiger partial charge in [-0.3, -0.25) is 4.72 Å². The van der Waals surface area contributed by atoms with Crippen LogP contribution in [-0.2, 0) is 10.0 Å². The Hall–Kier alpha value is -2.39. The van der Waals surface area contributed by atoms with Gasteiger partial charge in [-0.05, 0) is 38.1 Å². The average molecular weight is 350 g/mol. The van der Waals surface area contributed by atoms with Crippen LogP contribution in [0.3, 0.4) is 0 Å². The summed E-state index contributed by atoms with van der Waals surface area (Å²) in [7, 11) is -3.60. The number of nitrogens with one attached hydrogen (secondary N) is 2. The van der Waals surface area contributed by atoms with Crippen molar-refractivity contribution in [2.45, 2.75) is 18.1 Å². The van der Waals surface area contributed by atoms with E-state index in [9.17, 15) is 8.42 Å². The molecule has 3 aromatic rings. The summed E-state index contributed by atoms with van der Waals surface area (Å²) in [5, 5.41) is 6.82. The van der Waals surface area contributed by atoms with Gasteiger partial charge in [0.15, 0.2) is 5.82 Å². The third-order valence-corrected chi connectivity index (χ3v) is 5.73. The lowest BCUT2D eigenvalue weighted by atomic mass is 10.4. The van der Waals surface area contributed by atoms with Gasteiger partial charge >= 0.3 is 0 Å². The molecule has 0 aliphatic heterocycles. The van der Waals surface area contributed by atoms with E-state index >= 15 is 0 Å². The highest BCUT2D eigenvalue weighted by atomic mass is 32.2. The molecule has 0 saturated heterocycles. The number of thiophene rings is 1. The van der Waals surface area contributed by atoms with E-state index in [0.29, 0.717) is 17.3 Å². The van der Waals surface area contributed by atoms with Gasteiger partial charge in [-0.2, -0.15) is 0 Å². The summed E-state index contributed by atoms with van der Waals surface area (Å²) in [6.45, 7) is 3.65. The van der Waals surface area contributed by atoms with Crippen molar-refractivity contribution in [3.05, 3.63) is 47.2 Å². The van der Waals surface area contributed by atoms with Crippen molar-refractivity contribution in [3.8, 4) is 0 Å². The first-order chi connectivity index (χ1) is 10.9. The maximum Gasteiger partial charge on any atom is 0.272 e. The standard InChI is InChI=1S/C14H14N4O3S2/c1-9-7-13(17-21-9)16-11-4-5-12(15-8-11)18-23(19,20)14-6-3-10(2)22-14/h3-8H,1-2H3,(H,15,18)(H,16,17). The molecule has 3 rings (SSSR count). The molecule has 0 unspecified atom stereocenters. The molecule has 3 heterocycles. The highest BCUT2D eigenvalue weighted by molar-refractivity contribution is 7.94. The van der Waals surface area contributed by atoms with Gasteiger partial charge in [0.05, 0.1) is 11.9 Å². The van der Waals surface area contributed by atoms with Gasteiger partial charge in [0.2, 0.25) is 0 Å². The fourth-order valence-corrected chi connectivity index (χ4v) is 4.14. The van der Waals surface area contributed by atoms with Gasteiger partial charge in [0.25, 0.3) is 10.0 Å². The summed E-state index contributed by atoms with van der Waals surface area (Å²) in [5.74, 6) is 1.50. The molecule has 0 spiro atoms. The summed E-state index contributed by atoms with van der Waals surface area (Å²) >= 11 is 1.21. The number of anilines is 3. The molecule has 23 heavy (non-hydrogen) atoms. The van der Waals surface area contributed by atoms with E-state index in [2.05, 4.69) is 20.2 Å². The van der Waals surface area contributed by atoms with Crippen LogP contribution >= 0.6 is 11.3 Å². The Morgan fingerprint density at radius 2 is 1.96 bits per heavy atom. The van der Waals surface area contributed by atoms with Crippen molar-refractivity contribution in [2.24, 2.45) is 0 Å². The number of aryl methyl sites for hydroxylation is 2. The zero-order chi connectivity index (χ0) is 16.4. The number of rotatable bonds is 5. The molecular weight excluding hydrogens is 336 g/mol. The number of hydrogen-bond donors (Lipinski definition) is 2. The first kappa shape index (κ1) is 15.5. The van der Waals surface area contributed by atoms with Crippen LogP contribution in [0.25, 0.3) is 0 Å². The Labute approximate surface area is 137 Å². The van der Waals surface area contributed by atoms with E-state index in [1.807, 2.05) is 6.92 Å². The molecule has 0 bridgehead atoms. The van der Waals surface area contributed by atoms with Crippen LogP contribution in [0.2, 0.25) is 0 Å². The molecule has 0 aliphatic carbocycles. The summed E-state index contributed by atoms with van der Waals surface area (Å²) in [6, 6.07) is 8.36. The van der Waals surface area contributed by atoms with Gasteiger partial charge < -0.3 is 9.84 Å². The van der Waals surface area contributed by atoms with E-state index < -0.39 is 10.0 Å². The minimum Gasteiger partial charge on any atom is -0.360 e. The van der Waals surface area contributed by atoms with E-state index in [0.717, 1.165) is 4.88 Å². The second-order valence-corrected chi connectivity index (χ2v) is 8.05. The molecule has 0 amide bonds. The maximum atomic E-state index is 12.2. The fraction of sp³-hybridized carbons (Fsp3) is 0.143. The zero-order valence-electron chi connectivity index (χ0n) is 12.4. The third kappa shape index (κ3) is 3.69. The molecule has 0 aromatic carbocycles. The van der Waals surface area contributed by atoms with Gasteiger partial charge in [-0.25, -0.2) is 13.4 Å². The Morgan fingerprint density at radius 3 is 2.52 bits per heavy atom. The summed E-state index contributed by atoms with van der Waals surface area (Å²) in [4.78, 5) is 5.02. The lowest BCUT2D eigenvalue weighted by molar-refractivity contribution is 0.400. The molecular formula is C14H14N4O3S2. The van der Waals surface area contributed by atoms with Crippen LogP contribution in [0.4, 0.5) is 17.3 Å². The van der Waals surface area contributed by atoms with E-state index in [1.165, 1.54) is 17.5 Å². The van der Waals surface area contributed by atoms with Crippen LogP contribution < -0.4 is 10.0 Å². The van der Waals surface area contributed by atoms with Gasteiger partial charge in [0, 0.05) is 10.9 Å². The second kappa shape index (κ2) is 6.01. The Bertz CT molecular complexity index is 914. The quantitative estimate of drug-likeness (QED) is 0.733. The topological polar surface area (TPSA) is 97.1 Å². The predicted octanol–water partition coefficient (Wildman–Crippen LogP) is 3.29. The van der Waals surface area contributed by atoms with Crippen molar-refractivity contribution in [1.29, 1.82) is 0 Å². The molecule has 0 atom stereocenters. The predicted molar refractivity (Wildman–Crippen MR) is 88.6 cm³/mol. The van der Waals surface area contributed by atoms with E-state index in [4.69, 9.17) is 4.52 Å². The van der Waals surface area contributed by atoms with E-state index in [1.54, 1.807) is 37.3 Å². The second-order valence-electron chi connectivity index (χ2n) is 4.85. The van der Waals surface area contributed by atoms with E-state index in [-0.39, 0.29) is 10.0 Å². The van der Waals surface area contributed by atoms with Crippen LogP contribution in [-0.4, -0.2) is 18.6 Å². The number of nitrogens with zero attached hydrogens (tertiary/aromatic N) is 2. The Morgan fingerprint density at radius 1 is 1.13 bits per heavy atom. The molecule has 3 aromatic heterocycles. The zero-order valence-corrected chi connectivity index (χ0v) is 14.0. The maximum absolute atomic E-state index is 12.2. The van der Waals surface area contributed by atoms with Crippen molar-refractivity contribution >= 4 is 38.7 Å². The summed E-state index contributed by atoms with van der Waals surface area (Å²) in [5.41, 5.74) is 0.674. The molecule has 120 valence electrons. The number of aromatic nitrogens is 2. The lowest BCUT2D eigenvalue weighted by Gasteiger charge is -2.06. The number of hydrogen-bond acceptors (Lipinski definition) is 7.